The molecule has 0 spiro atoms. The molecule has 0 radical (unpaired) electrons. The number of hydrogen-bond acceptors (Lipinski definition) is 9. The number of thioether (sulfide) groups is 1. The molecule has 11 heteroatoms. The summed E-state index contributed by atoms with van der Waals surface area (Å²) in [4.78, 5) is 68.4. The fourth-order valence-electron chi connectivity index (χ4n) is 4.59. The minimum atomic E-state index is -0.983. The van der Waals surface area contributed by atoms with E-state index in [-0.39, 0.29) is 31.9 Å². The smallest absolute Gasteiger partial charge is 0.326 e. The maximum atomic E-state index is 13.8. The van der Waals surface area contributed by atoms with Gasteiger partial charge in [-0.1, -0.05) is 24.3 Å². The summed E-state index contributed by atoms with van der Waals surface area (Å²) in [7, 11) is 0. The third kappa shape index (κ3) is 6.53. The molecule has 2 aliphatic rings. The van der Waals surface area contributed by atoms with Crippen molar-refractivity contribution in [3.05, 3.63) is 59.7 Å². The summed E-state index contributed by atoms with van der Waals surface area (Å²) in [6.45, 7) is 6.70. The molecule has 2 atom stereocenters. The lowest BCUT2D eigenvalue weighted by Gasteiger charge is -2.29. The molecule has 2 aromatic rings. The van der Waals surface area contributed by atoms with Gasteiger partial charge in [0.1, 0.15) is 18.2 Å². The Labute approximate surface area is 237 Å². The van der Waals surface area contributed by atoms with Crippen LogP contribution in [-0.2, 0) is 23.9 Å². The quantitative estimate of drug-likeness (QED) is 0.360. The van der Waals surface area contributed by atoms with Gasteiger partial charge in [-0.15, -0.1) is 11.8 Å². The van der Waals surface area contributed by atoms with Crippen LogP contribution in [0.1, 0.15) is 54.8 Å². The molecule has 3 amide bonds. The van der Waals surface area contributed by atoms with Crippen LogP contribution in [0, 0.1) is 0 Å². The average Bonchev–Trinajstić information content (AvgIpc) is 3.06. The van der Waals surface area contributed by atoms with Crippen molar-refractivity contribution in [3.8, 4) is 0 Å². The van der Waals surface area contributed by atoms with Gasteiger partial charge >= 0.3 is 11.9 Å². The molecule has 0 bridgehead atoms. The number of para-hydroxylation sites is 1. The largest absolute Gasteiger partial charge is 0.465 e. The van der Waals surface area contributed by atoms with Crippen molar-refractivity contribution < 1.29 is 33.4 Å². The third-order valence-corrected chi connectivity index (χ3v) is 7.48. The molecule has 0 aliphatic carbocycles. The van der Waals surface area contributed by atoms with Gasteiger partial charge < -0.3 is 9.47 Å². The molecular weight excluding hydrogens is 534 g/mol. The zero-order valence-corrected chi connectivity index (χ0v) is 23.8. The lowest BCUT2D eigenvalue weighted by Crippen LogP contribution is -2.55. The van der Waals surface area contributed by atoms with Crippen molar-refractivity contribution >= 4 is 47.1 Å². The Hall–Kier alpha value is -3.70. The Morgan fingerprint density at radius 2 is 1.62 bits per heavy atom. The first-order valence-electron chi connectivity index (χ1n) is 13.1. The summed E-state index contributed by atoms with van der Waals surface area (Å²) in [6, 6.07) is 12.0. The summed E-state index contributed by atoms with van der Waals surface area (Å²) in [5.41, 5.74) is 0.487. The highest BCUT2D eigenvalue weighted by molar-refractivity contribution is 7.99. The summed E-state index contributed by atoms with van der Waals surface area (Å²) in [6.07, 6.45) is 0.0394. The molecule has 40 heavy (non-hydrogen) atoms. The number of hydrogen-bond donors (Lipinski definition) is 1. The molecule has 0 saturated heterocycles. The Balaban J connectivity index is 1.53. The number of fused-ring (bicyclic) bond motifs is 2. The highest BCUT2D eigenvalue weighted by Crippen LogP contribution is 2.34. The molecule has 2 heterocycles. The van der Waals surface area contributed by atoms with Crippen LogP contribution in [0.15, 0.2) is 53.4 Å². The molecule has 4 rings (SSSR count). The molecule has 2 aromatic carbocycles. The SMILES string of the molecule is CCOC(=O)[C@@H](CCN1C(=O)c2ccccc2C1=O)N[C@H]1CSc2ccccc2N(CC(=O)OC(C)(C)C)C1=O. The Morgan fingerprint density at radius 1 is 1.00 bits per heavy atom. The zero-order chi connectivity index (χ0) is 29.0. The summed E-state index contributed by atoms with van der Waals surface area (Å²) < 4.78 is 10.7. The fourth-order valence-corrected chi connectivity index (χ4v) is 5.68. The van der Waals surface area contributed by atoms with Gasteiger partial charge in [0.25, 0.3) is 11.8 Å². The molecule has 10 nitrogen and oxygen atoms in total. The van der Waals surface area contributed by atoms with E-state index in [4.69, 9.17) is 9.47 Å². The van der Waals surface area contributed by atoms with Crippen LogP contribution in [0.25, 0.3) is 0 Å². The lowest BCUT2D eigenvalue weighted by molar-refractivity contribution is -0.154. The molecule has 0 saturated carbocycles. The van der Waals surface area contributed by atoms with E-state index in [2.05, 4.69) is 5.32 Å². The van der Waals surface area contributed by atoms with Gasteiger partial charge in [0.05, 0.1) is 29.5 Å². The number of imide groups is 1. The van der Waals surface area contributed by atoms with Crippen LogP contribution in [0.5, 0.6) is 0 Å². The van der Waals surface area contributed by atoms with Crippen LogP contribution in [0.4, 0.5) is 5.69 Å². The summed E-state index contributed by atoms with van der Waals surface area (Å²) in [5.74, 6) is -2.14. The topological polar surface area (TPSA) is 122 Å². The number of anilines is 1. The first-order chi connectivity index (χ1) is 19.0. The number of benzene rings is 2. The molecule has 2 aliphatic heterocycles. The monoisotopic (exact) mass is 567 g/mol. The molecule has 0 unspecified atom stereocenters. The molecule has 0 aromatic heterocycles. The van der Waals surface area contributed by atoms with Gasteiger partial charge in [0, 0.05) is 17.2 Å². The van der Waals surface area contributed by atoms with E-state index in [1.165, 1.54) is 16.7 Å². The first kappa shape index (κ1) is 29.3. The number of ether oxygens (including phenoxy) is 2. The van der Waals surface area contributed by atoms with E-state index in [0.717, 1.165) is 9.80 Å². The van der Waals surface area contributed by atoms with Gasteiger partial charge in [-0.25, -0.2) is 0 Å². The minimum absolute atomic E-state index is 0.0394. The van der Waals surface area contributed by atoms with Crippen LogP contribution in [0.3, 0.4) is 0 Å². The Morgan fingerprint density at radius 3 is 2.25 bits per heavy atom. The Kier molecular flexibility index (Phi) is 8.95. The Bertz CT molecular complexity index is 1290. The fraction of sp³-hybridized carbons (Fsp3) is 0.414. The van der Waals surface area contributed by atoms with Crippen LogP contribution < -0.4 is 10.2 Å². The number of carbonyl (C=O) groups excluding carboxylic acids is 5. The summed E-state index contributed by atoms with van der Waals surface area (Å²) in [5, 5.41) is 3.10. The second-order valence-electron chi connectivity index (χ2n) is 10.4. The minimum Gasteiger partial charge on any atom is -0.465 e. The van der Waals surface area contributed by atoms with Crippen molar-refractivity contribution in [2.24, 2.45) is 0 Å². The average molecular weight is 568 g/mol. The molecule has 0 fully saturated rings. The maximum absolute atomic E-state index is 13.8. The van der Waals surface area contributed by atoms with Crippen LogP contribution >= 0.6 is 11.8 Å². The van der Waals surface area contributed by atoms with Crippen molar-refractivity contribution in [1.29, 1.82) is 0 Å². The van der Waals surface area contributed by atoms with E-state index in [1.54, 1.807) is 64.1 Å². The predicted molar refractivity (Wildman–Crippen MR) is 149 cm³/mol. The molecular formula is C29H33N3O7S. The van der Waals surface area contributed by atoms with E-state index in [1.807, 2.05) is 12.1 Å². The zero-order valence-electron chi connectivity index (χ0n) is 23.0. The number of amides is 3. The van der Waals surface area contributed by atoms with Gasteiger partial charge in [0.2, 0.25) is 5.91 Å². The van der Waals surface area contributed by atoms with Crippen LogP contribution in [0.2, 0.25) is 0 Å². The highest BCUT2D eigenvalue weighted by Gasteiger charge is 2.38. The number of rotatable bonds is 9. The van der Waals surface area contributed by atoms with Gasteiger partial charge in [0.15, 0.2) is 0 Å². The van der Waals surface area contributed by atoms with Gasteiger partial charge in [-0.05, 0) is 58.4 Å². The van der Waals surface area contributed by atoms with E-state index in [0.29, 0.717) is 16.8 Å². The van der Waals surface area contributed by atoms with E-state index >= 15 is 0 Å². The van der Waals surface area contributed by atoms with Crippen molar-refractivity contribution in [2.45, 2.75) is 56.7 Å². The second-order valence-corrected chi connectivity index (χ2v) is 11.5. The maximum Gasteiger partial charge on any atom is 0.326 e. The van der Waals surface area contributed by atoms with Crippen molar-refractivity contribution in [1.82, 2.24) is 10.2 Å². The van der Waals surface area contributed by atoms with Gasteiger partial charge in [-0.2, -0.15) is 0 Å². The van der Waals surface area contributed by atoms with E-state index in [9.17, 15) is 24.0 Å². The van der Waals surface area contributed by atoms with Crippen molar-refractivity contribution in [2.75, 3.05) is 30.3 Å². The van der Waals surface area contributed by atoms with Gasteiger partial charge in [-0.3, -0.25) is 39.1 Å². The normalized spacial score (nSPS) is 17.7. The molecule has 1 N–H and O–H groups in total. The predicted octanol–water partition coefficient (Wildman–Crippen LogP) is 3.04. The molecule has 212 valence electrons. The standard InChI is InChI=1S/C29H33N3O7S/c1-5-38-28(37)20(14-15-31-25(34)18-10-6-7-11-19(18)26(31)35)30-21-17-40-23-13-9-8-12-22(23)32(27(21)36)16-24(33)39-29(2,3)4/h6-13,20-21,30H,5,14-17H2,1-4H3/t20-,21+/m1/s1. The summed E-state index contributed by atoms with van der Waals surface area (Å²) >= 11 is 1.42. The number of carbonyl (C=O) groups is 5. The van der Waals surface area contributed by atoms with Crippen molar-refractivity contribution in [3.63, 3.8) is 0 Å². The van der Waals surface area contributed by atoms with Crippen LogP contribution in [-0.4, -0.2) is 77.7 Å². The highest BCUT2D eigenvalue weighted by atomic mass is 32.2. The number of nitrogens with zero attached hydrogens (tertiary/aromatic N) is 2. The first-order valence-corrected chi connectivity index (χ1v) is 14.1. The number of nitrogens with one attached hydrogen (secondary N) is 1. The number of esters is 2. The second kappa shape index (κ2) is 12.2. The van der Waals surface area contributed by atoms with E-state index < -0.39 is 47.3 Å². The third-order valence-electron chi connectivity index (χ3n) is 6.33. The lowest BCUT2D eigenvalue weighted by atomic mass is 10.1.